The molecule has 0 fully saturated rings. The summed E-state index contributed by atoms with van der Waals surface area (Å²) >= 11 is 0. The molecule has 0 aromatic rings. The van der Waals surface area contributed by atoms with Crippen LogP contribution in [0.4, 0.5) is 0 Å². The van der Waals surface area contributed by atoms with Gasteiger partial charge in [0.25, 0.3) is 0 Å². The molecule has 0 saturated carbocycles. The lowest BCUT2D eigenvalue weighted by atomic mass is 10.1. The maximum atomic E-state index is 10.8. The second kappa shape index (κ2) is 5.94. The first-order valence-corrected chi connectivity index (χ1v) is 4.68. The average molecular weight is 187 g/mol. The SMILES string of the molecule is CC(CN(C)C(C)CCN)C(N)=O. The summed E-state index contributed by atoms with van der Waals surface area (Å²) < 4.78 is 0. The van der Waals surface area contributed by atoms with E-state index in [1.165, 1.54) is 0 Å². The average Bonchev–Trinajstić information content (AvgIpc) is 2.04. The van der Waals surface area contributed by atoms with Crippen molar-refractivity contribution in [2.24, 2.45) is 17.4 Å². The molecule has 0 aliphatic rings. The molecule has 0 heterocycles. The Bertz CT molecular complexity index is 161. The van der Waals surface area contributed by atoms with Crippen molar-refractivity contribution in [1.82, 2.24) is 4.90 Å². The molecule has 0 aromatic heterocycles. The fourth-order valence-electron chi connectivity index (χ4n) is 1.16. The number of primary amides is 1. The molecule has 0 spiro atoms. The lowest BCUT2D eigenvalue weighted by Crippen LogP contribution is -2.38. The van der Waals surface area contributed by atoms with Gasteiger partial charge in [-0.3, -0.25) is 4.79 Å². The minimum atomic E-state index is -0.244. The maximum Gasteiger partial charge on any atom is 0.221 e. The first-order valence-electron chi connectivity index (χ1n) is 4.68. The van der Waals surface area contributed by atoms with Gasteiger partial charge in [0, 0.05) is 18.5 Å². The van der Waals surface area contributed by atoms with Gasteiger partial charge in [0.1, 0.15) is 0 Å². The summed E-state index contributed by atoms with van der Waals surface area (Å²) in [6.45, 7) is 5.32. The molecule has 2 unspecified atom stereocenters. The van der Waals surface area contributed by atoms with Crippen LogP contribution in [0.5, 0.6) is 0 Å². The van der Waals surface area contributed by atoms with E-state index in [2.05, 4.69) is 11.8 Å². The van der Waals surface area contributed by atoms with Crippen LogP contribution in [0.2, 0.25) is 0 Å². The molecule has 4 N–H and O–H groups in total. The van der Waals surface area contributed by atoms with Crippen molar-refractivity contribution in [1.29, 1.82) is 0 Å². The summed E-state index contributed by atoms with van der Waals surface area (Å²) in [7, 11) is 1.99. The summed E-state index contributed by atoms with van der Waals surface area (Å²) in [6, 6.07) is 0.409. The van der Waals surface area contributed by atoms with Crippen molar-refractivity contribution >= 4 is 5.91 Å². The van der Waals surface area contributed by atoms with Crippen LogP contribution < -0.4 is 11.5 Å². The summed E-state index contributed by atoms with van der Waals surface area (Å²) in [5.74, 6) is -0.336. The molecular formula is C9H21N3O. The van der Waals surface area contributed by atoms with Gasteiger partial charge in [-0.1, -0.05) is 6.92 Å². The lowest BCUT2D eigenvalue weighted by Gasteiger charge is -2.26. The number of carbonyl (C=O) groups is 1. The molecule has 0 radical (unpaired) electrons. The monoisotopic (exact) mass is 187 g/mol. The molecular weight excluding hydrogens is 166 g/mol. The fraction of sp³-hybridized carbons (Fsp3) is 0.889. The van der Waals surface area contributed by atoms with Crippen molar-refractivity contribution in [3.05, 3.63) is 0 Å². The summed E-state index contributed by atoms with van der Waals surface area (Å²) in [5, 5.41) is 0. The van der Waals surface area contributed by atoms with Crippen LogP contribution in [0.3, 0.4) is 0 Å². The van der Waals surface area contributed by atoms with E-state index in [4.69, 9.17) is 11.5 Å². The lowest BCUT2D eigenvalue weighted by molar-refractivity contribution is -0.121. The zero-order valence-electron chi connectivity index (χ0n) is 8.79. The van der Waals surface area contributed by atoms with Crippen LogP contribution in [0.15, 0.2) is 0 Å². The third-order valence-corrected chi connectivity index (χ3v) is 2.38. The summed E-state index contributed by atoms with van der Waals surface area (Å²) in [4.78, 5) is 12.9. The number of nitrogens with zero attached hydrogens (tertiary/aromatic N) is 1. The van der Waals surface area contributed by atoms with Gasteiger partial charge >= 0.3 is 0 Å². The van der Waals surface area contributed by atoms with Crippen molar-refractivity contribution in [3.8, 4) is 0 Å². The van der Waals surface area contributed by atoms with E-state index in [9.17, 15) is 4.79 Å². The predicted molar refractivity (Wildman–Crippen MR) is 54.1 cm³/mol. The van der Waals surface area contributed by atoms with Gasteiger partial charge < -0.3 is 16.4 Å². The quantitative estimate of drug-likeness (QED) is 0.603. The number of amides is 1. The molecule has 78 valence electrons. The highest BCUT2D eigenvalue weighted by Crippen LogP contribution is 2.04. The maximum absolute atomic E-state index is 10.8. The number of carbonyl (C=O) groups excluding carboxylic acids is 1. The first kappa shape index (κ1) is 12.4. The predicted octanol–water partition coefficient (Wildman–Crippen LogP) is -0.223. The molecule has 0 rings (SSSR count). The van der Waals surface area contributed by atoms with Gasteiger partial charge in [-0.2, -0.15) is 0 Å². The molecule has 0 saturated heterocycles. The standard InChI is InChI=1S/C9H21N3O/c1-7(9(11)13)6-12(3)8(2)4-5-10/h7-8H,4-6,10H2,1-3H3,(H2,11,13). The first-order chi connectivity index (χ1) is 5.99. The highest BCUT2D eigenvalue weighted by molar-refractivity contribution is 5.76. The highest BCUT2D eigenvalue weighted by Gasteiger charge is 2.15. The minimum absolute atomic E-state index is 0.0924. The third kappa shape index (κ3) is 4.85. The van der Waals surface area contributed by atoms with Gasteiger partial charge in [0.05, 0.1) is 0 Å². The van der Waals surface area contributed by atoms with Crippen molar-refractivity contribution < 1.29 is 4.79 Å². The molecule has 13 heavy (non-hydrogen) atoms. The molecule has 4 nitrogen and oxygen atoms in total. The summed E-state index contributed by atoms with van der Waals surface area (Å²) in [6.07, 6.45) is 0.946. The Morgan fingerprint density at radius 3 is 2.38 bits per heavy atom. The Morgan fingerprint density at radius 2 is 2.00 bits per heavy atom. The van der Waals surface area contributed by atoms with Gasteiger partial charge in [-0.25, -0.2) is 0 Å². The van der Waals surface area contributed by atoms with Gasteiger partial charge in [-0.15, -0.1) is 0 Å². The van der Waals surface area contributed by atoms with Crippen LogP contribution >= 0.6 is 0 Å². The third-order valence-electron chi connectivity index (χ3n) is 2.38. The molecule has 0 aromatic carbocycles. The van der Waals surface area contributed by atoms with Crippen LogP contribution in [-0.4, -0.2) is 37.0 Å². The number of rotatable bonds is 6. The second-order valence-corrected chi connectivity index (χ2v) is 3.67. The minimum Gasteiger partial charge on any atom is -0.369 e. The van der Waals surface area contributed by atoms with Crippen molar-refractivity contribution in [2.45, 2.75) is 26.3 Å². The molecule has 2 atom stereocenters. The Balaban J connectivity index is 3.84. The van der Waals surface area contributed by atoms with E-state index in [0.29, 0.717) is 19.1 Å². The summed E-state index contributed by atoms with van der Waals surface area (Å²) in [5.41, 5.74) is 10.6. The zero-order valence-corrected chi connectivity index (χ0v) is 8.79. The van der Waals surface area contributed by atoms with Gasteiger partial charge in [-0.05, 0) is 26.9 Å². The Morgan fingerprint density at radius 1 is 1.46 bits per heavy atom. The van der Waals surface area contributed by atoms with Gasteiger partial charge in [0.15, 0.2) is 0 Å². The second-order valence-electron chi connectivity index (χ2n) is 3.67. The number of nitrogens with two attached hydrogens (primary N) is 2. The largest absolute Gasteiger partial charge is 0.369 e. The van der Waals surface area contributed by atoms with Crippen molar-refractivity contribution in [3.63, 3.8) is 0 Å². The molecule has 4 heteroatoms. The van der Waals surface area contributed by atoms with E-state index < -0.39 is 0 Å². The van der Waals surface area contributed by atoms with Crippen LogP contribution in [0.1, 0.15) is 20.3 Å². The highest BCUT2D eigenvalue weighted by atomic mass is 16.1. The molecule has 0 bridgehead atoms. The Hall–Kier alpha value is -0.610. The van der Waals surface area contributed by atoms with E-state index in [0.717, 1.165) is 6.42 Å². The van der Waals surface area contributed by atoms with Crippen molar-refractivity contribution in [2.75, 3.05) is 20.1 Å². The smallest absolute Gasteiger partial charge is 0.221 e. The van der Waals surface area contributed by atoms with Gasteiger partial charge in [0.2, 0.25) is 5.91 Å². The normalized spacial score (nSPS) is 15.8. The molecule has 1 amide bonds. The van der Waals surface area contributed by atoms with E-state index in [1.807, 2.05) is 14.0 Å². The van der Waals surface area contributed by atoms with Crippen LogP contribution in [-0.2, 0) is 4.79 Å². The topological polar surface area (TPSA) is 72.3 Å². The van der Waals surface area contributed by atoms with E-state index in [1.54, 1.807) is 0 Å². The van der Waals surface area contributed by atoms with Crippen LogP contribution in [0.25, 0.3) is 0 Å². The fourth-order valence-corrected chi connectivity index (χ4v) is 1.16. The Kier molecular flexibility index (Phi) is 5.66. The zero-order chi connectivity index (χ0) is 10.4. The number of hydrogen-bond donors (Lipinski definition) is 2. The number of hydrogen-bond acceptors (Lipinski definition) is 3. The molecule has 0 aliphatic heterocycles. The molecule has 0 aliphatic carbocycles. The van der Waals surface area contributed by atoms with E-state index >= 15 is 0 Å². The Labute approximate surface area is 80.3 Å². The van der Waals surface area contributed by atoms with Crippen LogP contribution in [0, 0.1) is 5.92 Å². The van der Waals surface area contributed by atoms with E-state index in [-0.39, 0.29) is 11.8 Å².